The van der Waals surface area contributed by atoms with Crippen LogP contribution >= 0.6 is 50.1 Å². The molecule has 0 aliphatic heterocycles. The van der Waals surface area contributed by atoms with Gasteiger partial charge in [-0.05, 0) is 68.3 Å². The van der Waals surface area contributed by atoms with Crippen LogP contribution < -0.4 is 0 Å². The zero-order valence-electron chi connectivity index (χ0n) is 5.27. The van der Waals surface area contributed by atoms with E-state index in [1.165, 1.54) is 0 Å². The number of carbonyl (C=O) groups excluding carboxylic acids is 1. The van der Waals surface area contributed by atoms with Crippen LogP contribution in [0.2, 0.25) is 0 Å². The normalized spacial score (nSPS) is 9.73. The van der Waals surface area contributed by atoms with Gasteiger partial charge < -0.3 is 0 Å². The van der Waals surface area contributed by atoms with E-state index in [9.17, 15) is 4.79 Å². The fraction of sp³-hybridized carbons (Fsp3) is 0. The number of halogens is 3. The number of benzene rings is 1. The Morgan fingerprint density at radius 3 is 2.64 bits per heavy atom. The summed E-state index contributed by atoms with van der Waals surface area (Å²) >= 11 is 10.7. The van der Waals surface area contributed by atoms with Crippen LogP contribution in [0.4, 0.5) is 0 Å². The minimum Gasteiger partial charge on any atom is -0.276 e. The molecule has 0 saturated carbocycles. The van der Waals surface area contributed by atoms with Gasteiger partial charge in [-0.25, -0.2) is 0 Å². The van der Waals surface area contributed by atoms with Crippen molar-refractivity contribution in [3.63, 3.8) is 0 Å². The number of carbonyl (C=O) groups is 1. The van der Waals surface area contributed by atoms with Crippen LogP contribution in [-0.2, 0) is 0 Å². The molecule has 1 rings (SSSR count). The quantitative estimate of drug-likeness (QED) is 0.563. The summed E-state index contributed by atoms with van der Waals surface area (Å²) in [5, 5.41) is -0.421. The Hall–Kier alpha value is 0.390. The highest BCUT2D eigenvalue weighted by molar-refractivity contribution is 14.1. The van der Waals surface area contributed by atoms with Crippen LogP contribution in [0.15, 0.2) is 22.7 Å². The van der Waals surface area contributed by atoms with Gasteiger partial charge in [0.15, 0.2) is 0 Å². The first-order valence-electron chi connectivity index (χ1n) is 2.76. The van der Waals surface area contributed by atoms with Crippen molar-refractivity contribution in [1.82, 2.24) is 0 Å². The molecule has 0 spiro atoms. The molecule has 0 aliphatic rings. The Kier molecular flexibility index (Phi) is 3.33. The van der Waals surface area contributed by atoms with Gasteiger partial charge in [-0.15, -0.1) is 0 Å². The summed E-state index contributed by atoms with van der Waals surface area (Å²) in [6, 6.07) is 5.22. The summed E-state index contributed by atoms with van der Waals surface area (Å²) in [5.41, 5.74) is 0.527. The van der Waals surface area contributed by atoms with E-state index in [4.69, 9.17) is 11.6 Å². The average molecular weight is 345 g/mol. The lowest BCUT2D eigenvalue weighted by molar-refractivity contribution is 0.108. The smallest absolute Gasteiger partial charge is 0.252 e. The van der Waals surface area contributed by atoms with Gasteiger partial charge in [0.05, 0.1) is 0 Å². The molecular formula is C7H3BrClIO. The Morgan fingerprint density at radius 1 is 1.55 bits per heavy atom. The van der Waals surface area contributed by atoms with E-state index in [-0.39, 0.29) is 0 Å². The highest BCUT2D eigenvalue weighted by Crippen LogP contribution is 2.20. The van der Waals surface area contributed by atoms with E-state index >= 15 is 0 Å². The zero-order chi connectivity index (χ0) is 8.43. The van der Waals surface area contributed by atoms with Crippen LogP contribution in [0.5, 0.6) is 0 Å². The Labute approximate surface area is 91.4 Å². The minimum atomic E-state index is -0.421. The average Bonchev–Trinajstić information content (AvgIpc) is 1.94. The standard InChI is InChI=1S/C7H3BrClIO/c8-5-2-1-4(7(9)11)3-6(5)10/h1-3H. The summed E-state index contributed by atoms with van der Waals surface area (Å²) in [6.07, 6.45) is 0. The van der Waals surface area contributed by atoms with Gasteiger partial charge >= 0.3 is 0 Å². The SMILES string of the molecule is O=C(Cl)c1ccc(Br)c(I)c1. The van der Waals surface area contributed by atoms with Gasteiger partial charge in [-0.2, -0.15) is 0 Å². The highest BCUT2D eigenvalue weighted by atomic mass is 127. The molecule has 0 bridgehead atoms. The van der Waals surface area contributed by atoms with Gasteiger partial charge in [0, 0.05) is 13.6 Å². The Balaban J connectivity index is 3.15. The molecule has 0 heterocycles. The first-order valence-corrected chi connectivity index (χ1v) is 5.01. The number of hydrogen-bond acceptors (Lipinski definition) is 1. The first-order chi connectivity index (χ1) is 5.11. The van der Waals surface area contributed by atoms with Crippen molar-refractivity contribution in [2.24, 2.45) is 0 Å². The molecule has 0 N–H and O–H groups in total. The van der Waals surface area contributed by atoms with E-state index in [2.05, 4.69) is 38.5 Å². The molecule has 1 nitrogen and oxygen atoms in total. The lowest BCUT2D eigenvalue weighted by Crippen LogP contribution is -1.88. The van der Waals surface area contributed by atoms with Crippen LogP contribution in [0.25, 0.3) is 0 Å². The first kappa shape index (κ1) is 9.48. The molecule has 58 valence electrons. The highest BCUT2D eigenvalue weighted by Gasteiger charge is 2.03. The van der Waals surface area contributed by atoms with Crippen LogP contribution in [0.3, 0.4) is 0 Å². The lowest BCUT2D eigenvalue weighted by atomic mass is 10.2. The van der Waals surface area contributed by atoms with Crippen molar-refractivity contribution in [3.8, 4) is 0 Å². The molecule has 0 aromatic heterocycles. The molecule has 0 aliphatic carbocycles. The van der Waals surface area contributed by atoms with Crippen LogP contribution in [-0.4, -0.2) is 5.24 Å². The van der Waals surface area contributed by atoms with Crippen molar-refractivity contribution in [1.29, 1.82) is 0 Å². The van der Waals surface area contributed by atoms with E-state index in [1.54, 1.807) is 18.2 Å². The number of rotatable bonds is 1. The van der Waals surface area contributed by atoms with Crippen molar-refractivity contribution >= 4 is 55.4 Å². The molecule has 0 atom stereocenters. The third kappa shape index (κ3) is 2.42. The fourth-order valence-corrected chi connectivity index (χ4v) is 1.50. The predicted octanol–water partition coefficient (Wildman–Crippen LogP) is 3.43. The second-order valence-electron chi connectivity index (χ2n) is 1.90. The Morgan fingerprint density at radius 2 is 2.18 bits per heavy atom. The number of hydrogen-bond donors (Lipinski definition) is 0. The van der Waals surface area contributed by atoms with Crippen LogP contribution in [0, 0.1) is 3.57 Å². The second-order valence-corrected chi connectivity index (χ2v) is 4.26. The van der Waals surface area contributed by atoms with Crippen molar-refractivity contribution in [2.45, 2.75) is 0 Å². The Bertz CT molecular complexity index is 300. The summed E-state index contributed by atoms with van der Waals surface area (Å²) in [5.74, 6) is 0. The van der Waals surface area contributed by atoms with E-state index in [0.29, 0.717) is 5.56 Å². The monoisotopic (exact) mass is 344 g/mol. The molecule has 0 amide bonds. The summed E-state index contributed by atoms with van der Waals surface area (Å²) in [7, 11) is 0. The predicted molar refractivity (Wildman–Crippen MR) is 57.0 cm³/mol. The summed E-state index contributed by atoms with van der Waals surface area (Å²) in [4.78, 5) is 10.7. The lowest BCUT2D eigenvalue weighted by Gasteiger charge is -1.96. The summed E-state index contributed by atoms with van der Waals surface area (Å²) < 4.78 is 1.95. The maximum atomic E-state index is 10.7. The largest absolute Gasteiger partial charge is 0.276 e. The molecule has 1 aromatic carbocycles. The van der Waals surface area contributed by atoms with E-state index < -0.39 is 5.24 Å². The third-order valence-corrected chi connectivity index (χ3v) is 3.69. The molecule has 0 fully saturated rings. The van der Waals surface area contributed by atoms with Gasteiger partial charge in [0.2, 0.25) is 0 Å². The molecular weight excluding hydrogens is 342 g/mol. The topological polar surface area (TPSA) is 17.1 Å². The van der Waals surface area contributed by atoms with Gasteiger partial charge in [-0.3, -0.25) is 4.79 Å². The van der Waals surface area contributed by atoms with Gasteiger partial charge in [-0.1, -0.05) is 0 Å². The fourth-order valence-electron chi connectivity index (χ4n) is 0.618. The molecule has 1 aromatic rings. The molecule has 0 saturated heterocycles. The minimum absolute atomic E-state index is 0.421. The van der Waals surface area contributed by atoms with Crippen molar-refractivity contribution < 1.29 is 4.79 Å². The molecule has 0 radical (unpaired) electrons. The maximum absolute atomic E-state index is 10.7. The zero-order valence-corrected chi connectivity index (χ0v) is 9.77. The second kappa shape index (κ2) is 3.87. The van der Waals surface area contributed by atoms with Gasteiger partial charge in [0.1, 0.15) is 0 Å². The van der Waals surface area contributed by atoms with E-state index in [1.807, 2.05) is 0 Å². The summed E-state index contributed by atoms with van der Waals surface area (Å²) in [6.45, 7) is 0. The molecule has 11 heavy (non-hydrogen) atoms. The van der Waals surface area contributed by atoms with Crippen molar-refractivity contribution in [3.05, 3.63) is 31.8 Å². The van der Waals surface area contributed by atoms with Gasteiger partial charge in [0.25, 0.3) is 5.24 Å². The third-order valence-electron chi connectivity index (χ3n) is 1.15. The molecule has 4 heteroatoms. The maximum Gasteiger partial charge on any atom is 0.252 e. The van der Waals surface area contributed by atoms with E-state index in [0.717, 1.165) is 8.04 Å². The van der Waals surface area contributed by atoms with Crippen LogP contribution in [0.1, 0.15) is 10.4 Å². The molecule has 0 unspecified atom stereocenters. The van der Waals surface area contributed by atoms with Crippen molar-refractivity contribution in [2.75, 3.05) is 0 Å².